The van der Waals surface area contributed by atoms with Crippen molar-refractivity contribution in [3.63, 3.8) is 0 Å². The number of hydrazone groups is 1. The molecule has 6 heteroatoms. The molecular weight excluding hydrogens is 396 g/mol. The quantitative estimate of drug-likeness (QED) is 0.403. The van der Waals surface area contributed by atoms with E-state index in [1.165, 1.54) is 5.56 Å². The normalized spacial score (nSPS) is 12.0. The maximum Gasteiger partial charge on any atom is 0.291 e. The van der Waals surface area contributed by atoms with Crippen LogP contribution in [0.25, 0.3) is 6.08 Å². The number of nitrogens with zero attached hydrogens (tertiary/aromatic N) is 3. The van der Waals surface area contributed by atoms with E-state index in [0.29, 0.717) is 23.2 Å². The van der Waals surface area contributed by atoms with Crippen LogP contribution in [0.3, 0.4) is 0 Å². The Morgan fingerprint density at radius 1 is 1.13 bits per heavy atom. The summed E-state index contributed by atoms with van der Waals surface area (Å²) < 4.78 is 1.70. The van der Waals surface area contributed by atoms with E-state index in [4.69, 9.17) is 11.6 Å². The van der Waals surface area contributed by atoms with Crippen LogP contribution in [0.15, 0.2) is 71.5 Å². The summed E-state index contributed by atoms with van der Waals surface area (Å²) in [7, 11) is 0. The second kappa shape index (κ2) is 10.0. The Bertz CT molecular complexity index is 1050. The van der Waals surface area contributed by atoms with Crippen LogP contribution < -0.4 is 5.43 Å². The molecule has 0 saturated carbocycles. The number of amides is 1. The monoisotopic (exact) mass is 420 g/mol. The first-order chi connectivity index (χ1) is 14.4. The highest BCUT2D eigenvalue weighted by molar-refractivity contribution is 6.30. The fourth-order valence-electron chi connectivity index (χ4n) is 2.88. The van der Waals surface area contributed by atoms with Crippen LogP contribution in [-0.4, -0.2) is 21.9 Å². The van der Waals surface area contributed by atoms with Gasteiger partial charge in [0.15, 0.2) is 5.69 Å². The van der Waals surface area contributed by atoms with Gasteiger partial charge in [-0.3, -0.25) is 9.48 Å². The third-order valence-electron chi connectivity index (χ3n) is 4.56. The van der Waals surface area contributed by atoms with Crippen LogP contribution in [-0.2, 0) is 6.54 Å². The lowest BCUT2D eigenvalue weighted by atomic mass is 10.0. The minimum Gasteiger partial charge on any atom is -0.268 e. The molecule has 2 aromatic carbocycles. The Balaban J connectivity index is 1.55. The van der Waals surface area contributed by atoms with Gasteiger partial charge in [0.1, 0.15) is 0 Å². The van der Waals surface area contributed by atoms with Crippen molar-refractivity contribution in [1.82, 2.24) is 15.2 Å². The molecule has 0 aliphatic carbocycles. The van der Waals surface area contributed by atoms with E-state index >= 15 is 0 Å². The van der Waals surface area contributed by atoms with Crippen molar-refractivity contribution >= 4 is 29.8 Å². The predicted octanol–water partition coefficient (Wildman–Crippen LogP) is 5.53. The highest BCUT2D eigenvalue weighted by atomic mass is 35.5. The molecule has 30 heavy (non-hydrogen) atoms. The fourth-order valence-corrected chi connectivity index (χ4v) is 3.00. The molecule has 5 nitrogen and oxygen atoms in total. The van der Waals surface area contributed by atoms with Crippen LogP contribution in [0.1, 0.15) is 53.9 Å². The van der Waals surface area contributed by atoms with E-state index in [1.807, 2.05) is 37.3 Å². The van der Waals surface area contributed by atoms with Gasteiger partial charge in [0.05, 0.1) is 12.8 Å². The van der Waals surface area contributed by atoms with E-state index in [0.717, 1.165) is 16.7 Å². The molecule has 0 radical (unpaired) electrons. The Kier molecular flexibility index (Phi) is 7.20. The highest BCUT2D eigenvalue weighted by Crippen LogP contribution is 2.16. The van der Waals surface area contributed by atoms with Crippen LogP contribution in [0.5, 0.6) is 0 Å². The van der Waals surface area contributed by atoms with Gasteiger partial charge in [-0.25, -0.2) is 5.43 Å². The first kappa shape index (κ1) is 21.5. The molecule has 0 aliphatic rings. The molecule has 0 bridgehead atoms. The Hall–Kier alpha value is -3.18. The molecule has 0 unspecified atom stereocenters. The maximum atomic E-state index is 12.3. The number of carbonyl (C=O) groups is 1. The first-order valence-corrected chi connectivity index (χ1v) is 10.2. The molecule has 3 aromatic rings. The Morgan fingerprint density at radius 3 is 2.50 bits per heavy atom. The summed E-state index contributed by atoms with van der Waals surface area (Å²) in [6.45, 7) is 6.84. The summed E-state index contributed by atoms with van der Waals surface area (Å²) in [4.78, 5) is 12.3. The number of rotatable bonds is 7. The number of halogens is 1. The van der Waals surface area contributed by atoms with Gasteiger partial charge in [-0.05, 0) is 53.3 Å². The minimum atomic E-state index is -0.352. The second-order valence-corrected chi connectivity index (χ2v) is 7.87. The second-order valence-electron chi connectivity index (χ2n) is 7.43. The number of aromatic nitrogens is 2. The van der Waals surface area contributed by atoms with Gasteiger partial charge < -0.3 is 0 Å². The van der Waals surface area contributed by atoms with Gasteiger partial charge >= 0.3 is 0 Å². The van der Waals surface area contributed by atoms with Crippen molar-refractivity contribution in [3.05, 3.63) is 93.8 Å². The molecule has 0 aliphatic heterocycles. The van der Waals surface area contributed by atoms with E-state index in [-0.39, 0.29) is 5.91 Å². The van der Waals surface area contributed by atoms with Crippen molar-refractivity contribution in [1.29, 1.82) is 0 Å². The molecule has 0 fully saturated rings. The average molecular weight is 421 g/mol. The Labute approximate surface area is 182 Å². The predicted molar refractivity (Wildman–Crippen MR) is 123 cm³/mol. The number of hydrogen-bond acceptors (Lipinski definition) is 3. The first-order valence-electron chi connectivity index (χ1n) is 9.80. The standard InChI is InChI=1S/C24H25ClN4O/c1-17(2)21-8-4-19(5-9-21)14-18(3)15-26-27-24(30)23-12-13-29(28-23)16-20-6-10-22(25)11-7-20/h4-15,17H,16H2,1-3H3,(H,27,30)/b18-14+,26-15+. The van der Waals surface area contributed by atoms with Crippen molar-refractivity contribution < 1.29 is 4.79 Å². The average Bonchev–Trinajstić information content (AvgIpc) is 3.19. The SMILES string of the molecule is CC(/C=N/NC(=O)c1ccn(Cc2ccc(Cl)cc2)n1)=C\c1ccc(C(C)C)cc1. The number of carbonyl (C=O) groups excluding carboxylic acids is 1. The maximum absolute atomic E-state index is 12.3. The molecule has 1 amide bonds. The zero-order chi connectivity index (χ0) is 21.5. The van der Waals surface area contributed by atoms with Crippen molar-refractivity contribution in [2.45, 2.75) is 33.2 Å². The summed E-state index contributed by atoms with van der Waals surface area (Å²) in [6, 6.07) is 17.6. The van der Waals surface area contributed by atoms with Crippen LogP contribution in [0.4, 0.5) is 0 Å². The molecule has 0 saturated heterocycles. The highest BCUT2D eigenvalue weighted by Gasteiger charge is 2.08. The molecule has 0 spiro atoms. The molecule has 1 N–H and O–H groups in total. The number of nitrogens with one attached hydrogen (secondary N) is 1. The number of allylic oxidation sites excluding steroid dienone is 1. The lowest BCUT2D eigenvalue weighted by Gasteiger charge is -2.05. The lowest BCUT2D eigenvalue weighted by Crippen LogP contribution is -2.18. The topological polar surface area (TPSA) is 59.3 Å². The van der Waals surface area contributed by atoms with E-state index in [9.17, 15) is 4.79 Å². The molecule has 0 atom stereocenters. The summed E-state index contributed by atoms with van der Waals surface area (Å²) in [5.41, 5.74) is 7.21. The zero-order valence-corrected chi connectivity index (χ0v) is 18.1. The van der Waals surface area contributed by atoms with Gasteiger partial charge in [-0.15, -0.1) is 0 Å². The fraction of sp³-hybridized carbons (Fsp3) is 0.208. The third kappa shape index (κ3) is 6.16. The van der Waals surface area contributed by atoms with Crippen LogP contribution in [0.2, 0.25) is 5.02 Å². The lowest BCUT2D eigenvalue weighted by molar-refractivity contribution is 0.0949. The van der Waals surface area contributed by atoms with Gasteiger partial charge in [0.2, 0.25) is 0 Å². The van der Waals surface area contributed by atoms with E-state index in [1.54, 1.807) is 23.2 Å². The van der Waals surface area contributed by atoms with Crippen LogP contribution >= 0.6 is 11.6 Å². The third-order valence-corrected chi connectivity index (χ3v) is 4.81. The smallest absolute Gasteiger partial charge is 0.268 e. The van der Waals surface area contributed by atoms with Crippen molar-refractivity contribution in [3.8, 4) is 0 Å². The van der Waals surface area contributed by atoms with Crippen molar-refractivity contribution in [2.24, 2.45) is 5.10 Å². The number of hydrogen-bond donors (Lipinski definition) is 1. The number of benzene rings is 2. The van der Waals surface area contributed by atoms with E-state index in [2.05, 4.69) is 53.7 Å². The van der Waals surface area contributed by atoms with Crippen LogP contribution in [0, 0.1) is 0 Å². The van der Waals surface area contributed by atoms with Crippen molar-refractivity contribution in [2.75, 3.05) is 0 Å². The molecule has 154 valence electrons. The summed E-state index contributed by atoms with van der Waals surface area (Å²) in [5, 5.41) is 9.02. The largest absolute Gasteiger partial charge is 0.291 e. The molecular formula is C24H25ClN4O. The molecule has 1 heterocycles. The zero-order valence-electron chi connectivity index (χ0n) is 17.3. The van der Waals surface area contributed by atoms with E-state index < -0.39 is 0 Å². The summed E-state index contributed by atoms with van der Waals surface area (Å²) in [5.74, 6) is 0.158. The van der Waals surface area contributed by atoms with Gasteiger partial charge in [0.25, 0.3) is 5.91 Å². The molecule has 3 rings (SSSR count). The Morgan fingerprint density at radius 2 is 1.83 bits per heavy atom. The minimum absolute atomic E-state index is 0.312. The summed E-state index contributed by atoms with van der Waals surface area (Å²) in [6.07, 6.45) is 5.40. The molecule has 1 aromatic heterocycles. The van der Waals surface area contributed by atoms with Gasteiger partial charge in [-0.1, -0.05) is 67.9 Å². The van der Waals surface area contributed by atoms with Gasteiger partial charge in [-0.2, -0.15) is 10.2 Å². The van der Waals surface area contributed by atoms with Gasteiger partial charge in [0, 0.05) is 11.2 Å². The summed E-state index contributed by atoms with van der Waals surface area (Å²) >= 11 is 5.90.